The van der Waals surface area contributed by atoms with Crippen LogP contribution in [0.15, 0.2) is 53.5 Å². The average Bonchev–Trinajstić information content (AvgIpc) is 2.46. The molecule has 0 atom stereocenters. The molecule has 0 bridgehead atoms. The fourth-order valence-electron chi connectivity index (χ4n) is 1.55. The van der Waals surface area contributed by atoms with Gasteiger partial charge in [-0.05, 0) is 42.0 Å². The molecule has 0 aliphatic rings. The van der Waals surface area contributed by atoms with Crippen LogP contribution in [-0.2, 0) is 0 Å². The number of hydrogen-bond acceptors (Lipinski definition) is 3. The third-order valence-electron chi connectivity index (χ3n) is 2.61. The zero-order valence-electron chi connectivity index (χ0n) is 10.2. The van der Waals surface area contributed by atoms with Gasteiger partial charge in [-0.3, -0.25) is 9.79 Å². The van der Waals surface area contributed by atoms with Crippen molar-refractivity contribution in [1.29, 1.82) is 0 Å². The maximum Gasteiger partial charge on any atom is 0.176 e. The molecule has 3 nitrogen and oxygen atoms in total. The van der Waals surface area contributed by atoms with E-state index in [1.165, 1.54) is 0 Å². The van der Waals surface area contributed by atoms with Crippen LogP contribution in [-0.4, -0.2) is 18.5 Å². The molecule has 0 aliphatic carbocycles. The molecular weight excluding hydrogens is 260 g/mol. The fraction of sp³-hybridized carbons (Fsp3) is 0.0667. The number of halogens is 1. The Morgan fingerprint density at radius 3 is 2.32 bits per heavy atom. The molecule has 0 radical (unpaired) electrons. The molecule has 2 rings (SSSR count). The number of benzene rings is 2. The van der Waals surface area contributed by atoms with E-state index in [0.717, 1.165) is 11.3 Å². The van der Waals surface area contributed by atoms with Crippen molar-refractivity contribution in [2.45, 2.75) is 0 Å². The van der Waals surface area contributed by atoms with Crippen molar-refractivity contribution in [2.24, 2.45) is 10.7 Å². The van der Waals surface area contributed by atoms with Gasteiger partial charge in [0.15, 0.2) is 5.78 Å². The van der Waals surface area contributed by atoms with Crippen LogP contribution in [0.3, 0.4) is 0 Å². The molecule has 19 heavy (non-hydrogen) atoms. The van der Waals surface area contributed by atoms with Crippen LogP contribution in [0.2, 0.25) is 5.02 Å². The SMILES string of the molecule is NCC(=O)c1ccc(N=Cc2ccc(Cl)cc2)cc1. The van der Waals surface area contributed by atoms with Crippen LogP contribution < -0.4 is 5.73 Å². The molecule has 2 aromatic rings. The van der Waals surface area contributed by atoms with Crippen LogP contribution >= 0.6 is 11.6 Å². The lowest BCUT2D eigenvalue weighted by Gasteiger charge is -1.98. The van der Waals surface area contributed by atoms with Gasteiger partial charge in [0.1, 0.15) is 0 Å². The van der Waals surface area contributed by atoms with Crippen LogP contribution in [0, 0.1) is 0 Å². The summed E-state index contributed by atoms with van der Waals surface area (Å²) < 4.78 is 0. The fourth-order valence-corrected chi connectivity index (χ4v) is 1.68. The van der Waals surface area contributed by atoms with E-state index in [0.29, 0.717) is 10.6 Å². The topological polar surface area (TPSA) is 55.5 Å². The lowest BCUT2D eigenvalue weighted by molar-refractivity contribution is 0.100. The summed E-state index contributed by atoms with van der Waals surface area (Å²) >= 11 is 5.80. The second kappa shape index (κ2) is 6.27. The molecule has 0 heterocycles. The Morgan fingerprint density at radius 1 is 1.11 bits per heavy atom. The Labute approximate surface area is 116 Å². The predicted molar refractivity (Wildman–Crippen MR) is 78.5 cm³/mol. The smallest absolute Gasteiger partial charge is 0.176 e. The summed E-state index contributed by atoms with van der Waals surface area (Å²) in [5.41, 5.74) is 7.65. The Balaban J connectivity index is 2.11. The predicted octanol–water partition coefficient (Wildman–Crippen LogP) is 3.23. The number of Topliss-reactive ketones (excluding diaryl/α,β-unsaturated/α-hetero) is 1. The van der Waals surface area contributed by atoms with Crippen molar-refractivity contribution in [2.75, 3.05) is 6.54 Å². The molecule has 0 aliphatic heterocycles. The van der Waals surface area contributed by atoms with Crippen molar-refractivity contribution >= 4 is 29.3 Å². The third kappa shape index (κ3) is 3.74. The number of nitrogens with two attached hydrogens (primary N) is 1. The van der Waals surface area contributed by atoms with Crippen molar-refractivity contribution in [1.82, 2.24) is 0 Å². The first-order valence-corrected chi connectivity index (χ1v) is 6.20. The molecule has 2 aromatic carbocycles. The highest BCUT2D eigenvalue weighted by Gasteiger charge is 2.01. The van der Waals surface area contributed by atoms with Crippen LogP contribution in [0.4, 0.5) is 5.69 Å². The molecule has 0 unspecified atom stereocenters. The summed E-state index contributed by atoms with van der Waals surface area (Å²) in [6.07, 6.45) is 1.75. The van der Waals surface area contributed by atoms with Crippen molar-refractivity contribution in [3.8, 4) is 0 Å². The van der Waals surface area contributed by atoms with E-state index in [1.54, 1.807) is 30.5 Å². The molecule has 0 amide bonds. The van der Waals surface area contributed by atoms with E-state index in [1.807, 2.05) is 24.3 Å². The highest BCUT2D eigenvalue weighted by molar-refractivity contribution is 6.30. The van der Waals surface area contributed by atoms with E-state index in [4.69, 9.17) is 17.3 Å². The first kappa shape index (κ1) is 13.5. The minimum Gasteiger partial charge on any atom is -0.324 e. The molecule has 96 valence electrons. The van der Waals surface area contributed by atoms with Gasteiger partial charge in [0.25, 0.3) is 0 Å². The summed E-state index contributed by atoms with van der Waals surface area (Å²) in [6.45, 7) is 0.0212. The number of aliphatic imine (C=N–C) groups is 1. The highest BCUT2D eigenvalue weighted by Crippen LogP contribution is 2.14. The summed E-state index contributed by atoms with van der Waals surface area (Å²) in [4.78, 5) is 15.7. The third-order valence-corrected chi connectivity index (χ3v) is 2.86. The molecular formula is C15H13ClN2O. The van der Waals surface area contributed by atoms with Gasteiger partial charge in [-0.25, -0.2) is 0 Å². The summed E-state index contributed by atoms with van der Waals surface area (Å²) in [5, 5.41) is 0.696. The van der Waals surface area contributed by atoms with Crippen LogP contribution in [0.1, 0.15) is 15.9 Å². The molecule has 2 N–H and O–H groups in total. The van der Waals surface area contributed by atoms with Crippen molar-refractivity contribution in [3.63, 3.8) is 0 Å². The zero-order chi connectivity index (χ0) is 13.7. The second-order valence-corrected chi connectivity index (χ2v) is 4.42. The van der Waals surface area contributed by atoms with Crippen molar-refractivity contribution < 1.29 is 4.79 Å². The number of ketones is 1. The minimum absolute atomic E-state index is 0.0212. The standard InChI is InChI=1S/C15H13ClN2O/c16-13-5-1-11(2-6-13)10-18-14-7-3-12(4-8-14)15(19)9-17/h1-8,10H,9,17H2. The molecule has 0 fully saturated rings. The Bertz CT molecular complexity index is 589. The van der Waals surface area contributed by atoms with Gasteiger partial charge in [0.2, 0.25) is 0 Å². The molecule has 0 aromatic heterocycles. The Hall–Kier alpha value is -1.97. The largest absolute Gasteiger partial charge is 0.324 e. The summed E-state index contributed by atoms with van der Waals surface area (Å²) in [6, 6.07) is 14.4. The lowest BCUT2D eigenvalue weighted by atomic mass is 10.1. The van der Waals surface area contributed by atoms with Gasteiger partial charge in [-0.2, -0.15) is 0 Å². The number of nitrogens with zero attached hydrogens (tertiary/aromatic N) is 1. The lowest BCUT2D eigenvalue weighted by Crippen LogP contribution is -2.13. The van der Waals surface area contributed by atoms with Crippen molar-refractivity contribution in [3.05, 3.63) is 64.7 Å². The quantitative estimate of drug-likeness (QED) is 0.686. The molecule has 0 saturated carbocycles. The number of hydrogen-bond donors (Lipinski definition) is 1. The maximum atomic E-state index is 11.4. The zero-order valence-corrected chi connectivity index (χ0v) is 11.0. The van der Waals surface area contributed by atoms with Gasteiger partial charge in [0, 0.05) is 16.8 Å². The van der Waals surface area contributed by atoms with E-state index < -0.39 is 0 Å². The van der Waals surface area contributed by atoms with Gasteiger partial charge >= 0.3 is 0 Å². The molecule has 4 heteroatoms. The van der Waals surface area contributed by atoms with Gasteiger partial charge in [0.05, 0.1) is 12.2 Å². The van der Waals surface area contributed by atoms with Crippen LogP contribution in [0.5, 0.6) is 0 Å². The van der Waals surface area contributed by atoms with Gasteiger partial charge in [-0.15, -0.1) is 0 Å². The van der Waals surface area contributed by atoms with E-state index in [9.17, 15) is 4.79 Å². The minimum atomic E-state index is -0.0757. The van der Waals surface area contributed by atoms with E-state index in [-0.39, 0.29) is 12.3 Å². The summed E-state index contributed by atoms with van der Waals surface area (Å²) in [7, 11) is 0. The van der Waals surface area contributed by atoms with Crippen LogP contribution in [0.25, 0.3) is 0 Å². The Kier molecular flexibility index (Phi) is 4.44. The Morgan fingerprint density at radius 2 is 1.74 bits per heavy atom. The highest BCUT2D eigenvalue weighted by atomic mass is 35.5. The molecule has 0 saturated heterocycles. The first-order valence-electron chi connectivity index (χ1n) is 5.82. The molecule has 0 spiro atoms. The normalized spacial score (nSPS) is 10.8. The average molecular weight is 273 g/mol. The summed E-state index contributed by atoms with van der Waals surface area (Å²) in [5.74, 6) is -0.0757. The second-order valence-electron chi connectivity index (χ2n) is 3.98. The number of carbonyl (C=O) groups is 1. The maximum absolute atomic E-state index is 11.4. The van der Waals surface area contributed by atoms with E-state index in [2.05, 4.69) is 4.99 Å². The number of carbonyl (C=O) groups excluding carboxylic acids is 1. The first-order chi connectivity index (χ1) is 9.19. The van der Waals surface area contributed by atoms with Gasteiger partial charge in [-0.1, -0.05) is 23.7 Å². The number of rotatable bonds is 4. The van der Waals surface area contributed by atoms with Gasteiger partial charge < -0.3 is 5.73 Å². The monoisotopic (exact) mass is 272 g/mol. The van der Waals surface area contributed by atoms with E-state index >= 15 is 0 Å².